The fourth-order valence-electron chi connectivity index (χ4n) is 2.03. The number of hydrogen-bond acceptors (Lipinski definition) is 4. The summed E-state index contributed by atoms with van der Waals surface area (Å²) in [7, 11) is 0. The number of anilines is 1. The highest BCUT2D eigenvalue weighted by atomic mass is 16.5. The molecule has 5 nitrogen and oxygen atoms in total. The highest BCUT2D eigenvalue weighted by Gasteiger charge is 2.03. The Labute approximate surface area is 137 Å². The molecule has 0 radical (unpaired) electrons. The van der Waals surface area contributed by atoms with Crippen LogP contribution in [0, 0.1) is 0 Å². The topological polar surface area (TPSA) is 63.2 Å². The summed E-state index contributed by atoms with van der Waals surface area (Å²) in [6.45, 7) is 5.23. The van der Waals surface area contributed by atoms with Crippen LogP contribution in [0.1, 0.15) is 26.0 Å². The third-order valence-electron chi connectivity index (χ3n) is 3.07. The van der Waals surface area contributed by atoms with Crippen LogP contribution in [0.4, 0.5) is 5.69 Å². The maximum absolute atomic E-state index is 11.9. The molecule has 23 heavy (non-hydrogen) atoms. The number of carbonyl (C=O) groups is 1. The van der Waals surface area contributed by atoms with E-state index in [2.05, 4.69) is 15.6 Å². The predicted octanol–water partition coefficient (Wildman–Crippen LogP) is 2.99. The van der Waals surface area contributed by atoms with E-state index < -0.39 is 0 Å². The predicted molar refractivity (Wildman–Crippen MR) is 91.4 cm³/mol. The largest absolute Gasteiger partial charge is 0.491 e. The molecule has 2 rings (SSSR count). The third kappa shape index (κ3) is 6.48. The Morgan fingerprint density at radius 2 is 1.96 bits per heavy atom. The van der Waals surface area contributed by atoms with Crippen molar-refractivity contribution < 1.29 is 9.53 Å². The van der Waals surface area contributed by atoms with E-state index in [1.165, 1.54) is 0 Å². The van der Waals surface area contributed by atoms with E-state index in [4.69, 9.17) is 4.74 Å². The van der Waals surface area contributed by atoms with Crippen molar-refractivity contribution in [3.63, 3.8) is 0 Å². The smallest absolute Gasteiger partial charge is 0.225 e. The zero-order valence-corrected chi connectivity index (χ0v) is 13.6. The van der Waals surface area contributed by atoms with Crippen molar-refractivity contribution in [2.45, 2.75) is 32.9 Å². The normalized spacial score (nSPS) is 10.6. The molecule has 0 aliphatic heterocycles. The Balaban J connectivity index is 1.68. The molecule has 0 spiro atoms. The maximum Gasteiger partial charge on any atom is 0.225 e. The van der Waals surface area contributed by atoms with Gasteiger partial charge in [-0.25, -0.2) is 0 Å². The highest BCUT2D eigenvalue weighted by molar-refractivity contribution is 5.90. The standard InChI is InChI=1S/C18H23N3O2/c1-14(2)23-17-8-6-15(7-9-17)21-18(22)10-12-19-13-16-5-3-4-11-20-16/h3-9,11,14,19H,10,12-13H2,1-2H3,(H,21,22). The van der Waals surface area contributed by atoms with Crippen molar-refractivity contribution >= 4 is 11.6 Å². The zero-order chi connectivity index (χ0) is 16.5. The molecule has 122 valence electrons. The number of nitrogens with one attached hydrogen (secondary N) is 2. The van der Waals surface area contributed by atoms with Crippen LogP contribution in [0.15, 0.2) is 48.7 Å². The van der Waals surface area contributed by atoms with Crippen molar-refractivity contribution in [2.75, 3.05) is 11.9 Å². The summed E-state index contributed by atoms with van der Waals surface area (Å²) in [6.07, 6.45) is 2.31. The summed E-state index contributed by atoms with van der Waals surface area (Å²) in [4.78, 5) is 16.1. The maximum atomic E-state index is 11.9. The number of nitrogens with zero attached hydrogens (tertiary/aromatic N) is 1. The first kappa shape index (κ1) is 17.0. The second kappa shape index (κ2) is 8.90. The van der Waals surface area contributed by atoms with Gasteiger partial charge < -0.3 is 15.4 Å². The van der Waals surface area contributed by atoms with E-state index in [-0.39, 0.29) is 12.0 Å². The molecule has 0 fully saturated rings. The van der Waals surface area contributed by atoms with Crippen LogP contribution in [-0.2, 0) is 11.3 Å². The van der Waals surface area contributed by atoms with Gasteiger partial charge in [-0.1, -0.05) is 6.07 Å². The Bertz CT molecular complexity index is 597. The molecule has 1 heterocycles. The van der Waals surface area contributed by atoms with E-state index in [0.29, 0.717) is 19.5 Å². The van der Waals surface area contributed by atoms with E-state index >= 15 is 0 Å². The molecular formula is C18H23N3O2. The second-order valence-electron chi connectivity index (χ2n) is 5.49. The fraction of sp³-hybridized carbons (Fsp3) is 0.333. The Kier molecular flexibility index (Phi) is 6.56. The molecule has 0 bridgehead atoms. The lowest BCUT2D eigenvalue weighted by Gasteiger charge is -2.10. The molecule has 0 aliphatic rings. The molecule has 2 N–H and O–H groups in total. The van der Waals surface area contributed by atoms with Crippen LogP contribution in [0.5, 0.6) is 5.75 Å². The van der Waals surface area contributed by atoms with Gasteiger partial charge >= 0.3 is 0 Å². The SMILES string of the molecule is CC(C)Oc1ccc(NC(=O)CCNCc2ccccn2)cc1. The molecule has 1 aromatic heterocycles. The first-order valence-electron chi connectivity index (χ1n) is 7.80. The number of aromatic nitrogens is 1. The van der Waals surface area contributed by atoms with Crippen LogP contribution in [0.25, 0.3) is 0 Å². The number of pyridine rings is 1. The van der Waals surface area contributed by atoms with Crippen LogP contribution < -0.4 is 15.4 Å². The summed E-state index contributed by atoms with van der Waals surface area (Å²) < 4.78 is 5.57. The van der Waals surface area contributed by atoms with Crippen LogP contribution in [0.2, 0.25) is 0 Å². The summed E-state index contributed by atoms with van der Waals surface area (Å²) in [5, 5.41) is 6.08. The molecule has 0 aliphatic carbocycles. The van der Waals surface area contributed by atoms with Gasteiger partial charge in [-0.3, -0.25) is 9.78 Å². The second-order valence-corrected chi connectivity index (χ2v) is 5.49. The Hall–Kier alpha value is -2.40. The van der Waals surface area contributed by atoms with Crippen LogP contribution >= 0.6 is 0 Å². The number of benzene rings is 1. The Morgan fingerprint density at radius 3 is 2.61 bits per heavy atom. The van der Waals surface area contributed by atoms with E-state index in [1.54, 1.807) is 6.20 Å². The average molecular weight is 313 g/mol. The number of carbonyl (C=O) groups excluding carboxylic acids is 1. The molecule has 1 amide bonds. The number of hydrogen-bond donors (Lipinski definition) is 2. The van der Waals surface area contributed by atoms with Gasteiger partial charge in [0.05, 0.1) is 11.8 Å². The Morgan fingerprint density at radius 1 is 1.17 bits per heavy atom. The highest BCUT2D eigenvalue weighted by Crippen LogP contribution is 2.16. The quantitative estimate of drug-likeness (QED) is 0.735. The van der Waals surface area contributed by atoms with Crippen molar-refractivity contribution in [1.29, 1.82) is 0 Å². The molecule has 0 atom stereocenters. The monoisotopic (exact) mass is 313 g/mol. The number of ether oxygens (including phenoxy) is 1. The van der Waals surface area contributed by atoms with Gasteiger partial charge in [0.15, 0.2) is 0 Å². The van der Waals surface area contributed by atoms with Gasteiger partial charge in [0.1, 0.15) is 5.75 Å². The van der Waals surface area contributed by atoms with Crippen molar-refractivity contribution in [3.8, 4) is 5.75 Å². The van der Waals surface area contributed by atoms with Crippen molar-refractivity contribution in [1.82, 2.24) is 10.3 Å². The van der Waals surface area contributed by atoms with E-state index in [0.717, 1.165) is 17.1 Å². The van der Waals surface area contributed by atoms with Crippen LogP contribution in [0.3, 0.4) is 0 Å². The van der Waals surface area contributed by atoms with E-state index in [9.17, 15) is 4.79 Å². The molecule has 2 aromatic rings. The molecule has 0 saturated heterocycles. The van der Waals surface area contributed by atoms with Gasteiger partial charge in [0.25, 0.3) is 0 Å². The fourth-order valence-corrected chi connectivity index (χ4v) is 2.03. The minimum atomic E-state index is -0.0175. The first-order valence-corrected chi connectivity index (χ1v) is 7.80. The summed E-state index contributed by atoms with van der Waals surface area (Å²) >= 11 is 0. The average Bonchev–Trinajstić information content (AvgIpc) is 2.54. The molecular weight excluding hydrogens is 290 g/mol. The lowest BCUT2D eigenvalue weighted by Crippen LogP contribution is -2.21. The first-order chi connectivity index (χ1) is 11.1. The molecule has 0 saturated carbocycles. The van der Waals surface area contributed by atoms with Gasteiger partial charge in [0.2, 0.25) is 5.91 Å². The van der Waals surface area contributed by atoms with Gasteiger partial charge in [-0.15, -0.1) is 0 Å². The lowest BCUT2D eigenvalue weighted by atomic mass is 10.3. The molecule has 1 aromatic carbocycles. The number of rotatable bonds is 8. The van der Waals surface area contributed by atoms with Gasteiger partial charge in [-0.05, 0) is 50.2 Å². The minimum absolute atomic E-state index is 0.0175. The summed E-state index contributed by atoms with van der Waals surface area (Å²) in [6, 6.07) is 13.2. The lowest BCUT2D eigenvalue weighted by molar-refractivity contribution is -0.116. The number of amides is 1. The van der Waals surface area contributed by atoms with Crippen molar-refractivity contribution in [3.05, 3.63) is 54.4 Å². The zero-order valence-electron chi connectivity index (χ0n) is 13.6. The van der Waals surface area contributed by atoms with Gasteiger partial charge in [0, 0.05) is 31.4 Å². The molecule has 0 unspecified atom stereocenters. The third-order valence-corrected chi connectivity index (χ3v) is 3.07. The van der Waals surface area contributed by atoms with Crippen LogP contribution in [-0.4, -0.2) is 23.5 Å². The summed E-state index contributed by atoms with van der Waals surface area (Å²) in [5.74, 6) is 0.783. The van der Waals surface area contributed by atoms with Crippen molar-refractivity contribution in [2.24, 2.45) is 0 Å². The minimum Gasteiger partial charge on any atom is -0.491 e. The van der Waals surface area contributed by atoms with E-state index in [1.807, 2.05) is 56.3 Å². The summed E-state index contributed by atoms with van der Waals surface area (Å²) in [5.41, 5.74) is 1.74. The van der Waals surface area contributed by atoms with Gasteiger partial charge in [-0.2, -0.15) is 0 Å². The molecule has 5 heteroatoms.